The fourth-order valence-electron chi connectivity index (χ4n) is 4.19. The van der Waals surface area contributed by atoms with Crippen LogP contribution in [0.5, 0.6) is 0 Å². The first-order valence-corrected chi connectivity index (χ1v) is 8.64. The van der Waals surface area contributed by atoms with Gasteiger partial charge in [-0.1, -0.05) is 11.6 Å². The van der Waals surface area contributed by atoms with Crippen LogP contribution in [0.3, 0.4) is 0 Å². The summed E-state index contributed by atoms with van der Waals surface area (Å²) in [5.41, 5.74) is -0.644. The molecule has 130 valence electrons. The van der Waals surface area contributed by atoms with Gasteiger partial charge in [-0.05, 0) is 39.0 Å². The summed E-state index contributed by atoms with van der Waals surface area (Å²) < 4.78 is 19.5. The van der Waals surface area contributed by atoms with E-state index in [-0.39, 0.29) is 40.0 Å². The lowest BCUT2D eigenvalue weighted by atomic mass is 9.73. The van der Waals surface area contributed by atoms with Gasteiger partial charge in [0.1, 0.15) is 6.33 Å². The number of carbonyl (C=O) groups is 1. The number of fused-ring (bicyclic) bond motifs is 2. The van der Waals surface area contributed by atoms with Gasteiger partial charge in [0.25, 0.3) is 0 Å². The van der Waals surface area contributed by atoms with E-state index < -0.39 is 5.82 Å². The molecule has 24 heavy (non-hydrogen) atoms. The van der Waals surface area contributed by atoms with Crippen molar-refractivity contribution >= 4 is 23.3 Å². The molecule has 2 atom stereocenters. The number of hydrogen-bond donors (Lipinski definition) is 2. The Morgan fingerprint density at radius 3 is 2.83 bits per heavy atom. The van der Waals surface area contributed by atoms with Crippen molar-refractivity contribution in [3.8, 4) is 0 Å². The maximum Gasteiger partial charge on any atom is 0.228 e. The van der Waals surface area contributed by atoms with Crippen LogP contribution in [0.15, 0.2) is 6.33 Å². The molecular formula is C16H20ClFN4O2. The van der Waals surface area contributed by atoms with Crippen molar-refractivity contribution < 1.29 is 13.9 Å². The van der Waals surface area contributed by atoms with E-state index in [1.807, 2.05) is 6.92 Å². The van der Waals surface area contributed by atoms with Gasteiger partial charge in [0, 0.05) is 11.6 Å². The summed E-state index contributed by atoms with van der Waals surface area (Å²) in [6, 6.07) is 0.0874. The Labute approximate surface area is 144 Å². The maximum atomic E-state index is 13.9. The predicted molar refractivity (Wildman–Crippen MR) is 86.2 cm³/mol. The third-order valence-electron chi connectivity index (χ3n) is 5.54. The molecule has 1 aromatic rings. The lowest BCUT2D eigenvalue weighted by Crippen LogP contribution is -2.59. The molecule has 6 nitrogen and oxygen atoms in total. The summed E-state index contributed by atoms with van der Waals surface area (Å²) >= 11 is 5.67. The molecule has 2 N–H and O–H groups in total. The van der Waals surface area contributed by atoms with Crippen molar-refractivity contribution in [2.45, 2.75) is 56.7 Å². The number of hydrogen-bond acceptors (Lipinski definition) is 5. The Morgan fingerprint density at radius 2 is 2.21 bits per heavy atom. The zero-order valence-electron chi connectivity index (χ0n) is 13.4. The second kappa shape index (κ2) is 5.52. The molecule has 2 heterocycles. The van der Waals surface area contributed by atoms with E-state index in [2.05, 4.69) is 20.6 Å². The summed E-state index contributed by atoms with van der Waals surface area (Å²) in [5, 5.41) is 6.02. The molecular weight excluding hydrogens is 335 g/mol. The van der Waals surface area contributed by atoms with E-state index in [9.17, 15) is 9.18 Å². The first-order chi connectivity index (χ1) is 11.4. The van der Waals surface area contributed by atoms with Gasteiger partial charge in [-0.3, -0.25) is 4.79 Å². The van der Waals surface area contributed by atoms with Gasteiger partial charge in [0.15, 0.2) is 11.0 Å². The highest BCUT2D eigenvalue weighted by Crippen LogP contribution is 2.47. The average molecular weight is 355 g/mol. The number of halogens is 2. The van der Waals surface area contributed by atoms with Gasteiger partial charge in [-0.25, -0.2) is 9.97 Å². The van der Waals surface area contributed by atoms with Gasteiger partial charge in [0.05, 0.1) is 18.1 Å². The van der Waals surface area contributed by atoms with E-state index in [1.165, 1.54) is 6.33 Å². The van der Waals surface area contributed by atoms with Crippen LogP contribution in [-0.2, 0) is 9.53 Å². The molecule has 2 unspecified atom stereocenters. The number of ether oxygens (including phenoxy) is 1. The highest BCUT2D eigenvalue weighted by Gasteiger charge is 2.53. The third-order valence-corrected chi connectivity index (χ3v) is 5.80. The Kier molecular flexibility index (Phi) is 3.69. The molecule has 1 amide bonds. The van der Waals surface area contributed by atoms with Gasteiger partial charge in [-0.2, -0.15) is 4.39 Å². The van der Waals surface area contributed by atoms with Crippen LogP contribution >= 0.6 is 11.6 Å². The normalized spacial score (nSPS) is 37.1. The van der Waals surface area contributed by atoms with Gasteiger partial charge >= 0.3 is 0 Å². The number of nitrogens with one attached hydrogen (secondary N) is 2. The molecule has 4 rings (SSSR count). The Balaban J connectivity index is 1.34. The first kappa shape index (κ1) is 16.0. The van der Waals surface area contributed by atoms with Crippen molar-refractivity contribution in [2.75, 3.05) is 11.9 Å². The van der Waals surface area contributed by atoms with E-state index in [0.717, 1.165) is 19.3 Å². The smallest absolute Gasteiger partial charge is 0.228 e. The van der Waals surface area contributed by atoms with Crippen LogP contribution in [-0.4, -0.2) is 40.2 Å². The number of carbonyl (C=O) groups excluding carboxylic acids is 1. The SMILES string of the molecule is CC1(Nc2ncnc(Cl)c2F)CC(NC(=O)C23CCC(C2)OC3)C1. The van der Waals surface area contributed by atoms with E-state index in [0.29, 0.717) is 19.4 Å². The molecule has 0 spiro atoms. The van der Waals surface area contributed by atoms with Gasteiger partial charge in [-0.15, -0.1) is 0 Å². The number of anilines is 1. The van der Waals surface area contributed by atoms with Crippen LogP contribution in [0, 0.1) is 11.2 Å². The Hall–Kier alpha value is -1.47. The minimum absolute atomic E-state index is 0.0874. The quantitative estimate of drug-likeness (QED) is 0.811. The van der Waals surface area contributed by atoms with Crippen LogP contribution in [0.1, 0.15) is 39.0 Å². The number of amides is 1. The second-order valence-corrected chi connectivity index (χ2v) is 7.91. The number of rotatable bonds is 4. The summed E-state index contributed by atoms with van der Waals surface area (Å²) in [4.78, 5) is 20.1. The van der Waals surface area contributed by atoms with Crippen molar-refractivity contribution in [3.05, 3.63) is 17.3 Å². The molecule has 0 radical (unpaired) electrons. The van der Waals surface area contributed by atoms with Crippen molar-refractivity contribution in [1.29, 1.82) is 0 Å². The monoisotopic (exact) mass is 354 g/mol. The summed E-state index contributed by atoms with van der Waals surface area (Å²) in [5.74, 6) is -0.443. The lowest BCUT2D eigenvalue weighted by Gasteiger charge is -2.47. The first-order valence-electron chi connectivity index (χ1n) is 8.26. The van der Waals surface area contributed by atoms with Crippen LogP contribution < -0.4 is 10.6 Å². The Bertz CT molecular complexity index is 672. The predicted octanol–water partition coefficient (Wildman–Crippen LogP) is 2.29. The topological polar surface area (TPSA) is 76.1 Å². The van der Waals surface area contributed by atoms with Crippen molar-refractivity contribution in [1.82, 2.24) is 15.3 Å². The molecule has 3 aliphatic rings. The molecule has 2 saturated carbocycles. The van der Waals surface area contributed by atoms with Crippen LogP contribution in [0.2, 0.25) is 5.15 Å². The zero-order valence-corrected chi connectivity index (χ0v) is 14.2. The molecule has 2 bridgehead atoms. The third kappa shape index (κ3) is 2.63. The largest absolute Gasteiger partial charge is 0.377 e. The second-order valence-electron chi connectivity index (χ2n) is 7.55. The van der Waals surface area contributed by atoms with Crippen molar-refractivity contribution in [3.63, 3.8) is 0 Å². The average Bonchev–Trinajstić information content (AvgIpc) is 3.12. The summed E-state index contributed by atoms with van der Waals surface area (Å²) in [6.45, 7) is 2.52. The van der Waals surface area contributed by atoms with E-state index in [4.69, 9.17) is 16.3 Å². The molecule has 1 aromatic heterocycles. The number of aromatic nitrogens is 2. The number of nitrogens with zero attached hydrogens (tertiary/aromatic N) is 2. The van der Waals surface area contributed by atoms with Crippen molar-refractivity contribution in [2.24, 2.45) is 5.41 Å². The lowest BCUT2D eigenvalue weighted by molar-refractivity contribution is -0.133. The summed E-state index contributed by atoms with van der Waals surface area (Å²) in [7, 11) is 0. The molecule has 8 heteroatoms. The molecule has 3 fully saturated rings. The minimum atomic E-state index is -0.646. The maximum absolute atomic E-state index is 13.9. The van der Waals surface area contributed by atoms with Gasteiger partial charge < -0.3 is 15.4 Å². The highest BCUT2D eigenvalue weighted by molar-refractivity contribution is 6.29. The van der Waals surface area contributed by atoms with E-state index in [1.54, 1.807) is 0 Å². The zero-order chi connectivity index (χ0) is 16.9. The fourth-order valence-corrected chi connectivity index (χ4v) is 4.32. The van der Waals surface area contributed by atoms with Gasteiger partial charge in [0.2, 0.25) is 11.7 Å². The summed E-state index contributed by atoms with van der Waals surface area (Å²) in [6.07, 6.45) is 5.63. The standard InChI is InChI=1S/C16H20ClFN4O2/c1-15(22-13-11(18)12(17)19-8-20-13)4-9(5-15)21-14(23)16-3-2-10(6-16)24-7-16/h8-10H,2-7H2,1H3,(H,21,23)(H,19,20,22). The fraction of sp³-hybridized carbons (Fsp3) is 0.688. The Morgan fingerprint density at radius 1 is 1.42 bits per heavy atom. The van der Waals surface area contributed by atoms with Crippen LogP contribution in [0.4, 0.5) is 10.2 Å². The highest BCUT2D eigenvalue weighted by atomic mass is 35.5. The molecule has 0 aromatic carbocycles. The van der Waals surface area contributed by atoms with Crippen LogP contribution in [0.25, 0.3) is 0 Å². The minimum Gasteiger partial charge on any atom is -0.377 e. The molecule has 1 aliphatic heterocycles. The molecule has 2 aliphatic carbocycles. The van der Waals surface area contributed by atoms with E-state index >= 15 is 0 Å². The molecule has 1 saturated heterocycles.